The zero-order chi connectivity index (χ0) is 14.7. The number of hydrogen-bond donors (Lipinski definition) is 1. The average molecular weight is 275 g/mol. The predicted molar refractivity (Wildman–Crippen MR) is 75.6 cm³/mol. The minimum atomic E-state index is -0.393. The highest BCUT2D eigenvalue weighted by Gasteiger charge is 2.26. The average Bonchev–Trinajstić information content (AvgIpc) is 2.74. The van der Waals surface area contributed by atoms with Crippen LogP contribution < -0.4 is 5.32 Å². The molecule has 0 amide bonds. The van der Waals surface area contributed by atoms with E-state index in [1.165, 1.54) is 0 Å². The Balaban J connectivity index is 2.31. The van der Waals surface area contributed by atoms with Crippen molar-refractivity contribution in [2.75, 3.05) is 5.32 Å². The van der Waals surface area contributed by atoms with Crippen molar-refractivity contribution >= 4 is 11.5 Å². The van der Waals surface area contributed by atoms with Gasteiger partial charge >= 0.3 is 5.69 Å². The third-order valence-corrected chi connectivity index (χ3v) is 2.93. The Morgan fingerprint density at radius 1 is 1.40 bits per heavy atom. The summed E-state index contributed by atoms with van der Waals surface area (Å²) in [5.74, 6) is 0.444. The summed E-state index contributed by atoms with van der Waals surface area (Å²) in [6.45, 7) is 6.01. The number of aryl methyl sites for hydroxylation is 1. The highest BCUT2D eigenvalue weighted by molar-refractivity contribution is 5.59. The molecule has 0 aliphatic heterocycles. The Bertz CT molecular complexity index is 607. The predicted octanol–water partition coefficient (Wildman–Crippen LogP) is 2.69. The van der Waals surface area contributed by atoms with E-state index in [0.717, 1.165) is 5.56 Å². The molecule has 0 fully saturated rings. The lowest BCUT2D eigenvalue weighted by Gasteiger charge is -2.11. The highest BCUT2D eigenvalue weighted by atomic mass is 16.6. The molecular formula is C13H17N5O2. The van der Waals surface area contributed by atoms with Gasteiger partial charge in [0, 0.05) is 25.0 Å². The van der Waals surface area contributed by atoms with Gasteiger partial charge in [-0.05, 0) is 38.5 Å². The standard InChI is InChI=1S/C13H17N5O2/c1-9(2)17-13(12(18(19)20)10(3)16-17)15-8-11-4-6-14-7-5-11/h4-7,9,15H,8H2,1-3H3. The molecule has 7 heteroatoms. The second-order valence-corrected chi connectivity index (χ2v) is 4.79. The third kappa shape index (κ3) is 2.76. The van der Waals surface area contributed by atoms with E-state index in [0.29, 0.717) is 18.1 Å². The van der Waals surface area contributed by atoms with Gasteiger partial charge in [-0.2, -0.15) is 5.10 Å². The molecule has 0 spiro atoms. The largest absolute Gasteiger partial charge is 0.360 e. The van der Waals surface area contributed by atoms with Crippen LogP contribution in [0.1, 0.15) is 31.1 Å². The van der Waals surface area contributed by atoms with Gasteiger partial charge in [0.05, 0.1) is 4.92 Å². The minimum absolute atomic E-state index is 0.0350. The van der Waals surface area contributed by atoms with E-state index < -0.39 is 4.92 Å². The van der Waals surface area contributed by atoms with Crippen LogP contribution in [0.2, 0.25) is 0 Å². The highest BCUT2D eigenvalue weighted by Crippen LogP contribution is 2.30. The second kappa shape index (κ2) is 5.68. The molecule has 20 heavy (non-hydrogen) atoms. The van der Waals surface area contributed by atoms with Gasteiger partial charge in [0.15, 0.2) is 0 Å². The zero-order valence-electron chi connectivity index (χ0n) is 11.7. The number of nitro groups is 1. The quantitative estimate of drug-likeness (QED) is 0.669. The van der Waals surface area contributed by atoms with Gasteiger partial charge in [-0.25, -0.2) is 4.68 Å². The van der Waals surface area contributed by atoms with Gasteiger partial charge < -0.3 is 5.32 Å². The number of anilines is 1. The molecule has 0 unspecified atom stereocenters. The van der Waals surface area contributed by atoms with Crippen molar-refractivity contribution in [2.24, 2.45) is 0 Å². The third-order valence-electron chi connectivity index (χ3n) is 2.93. The van der Waals surface area contributed by atoms with Crippen LogP contribution in [0, 0.1) is 17.0 Å². The molecule has 0 saturated carbocycles. The molecule has 0 aliphatic rings. The smallest absolute Gasteiger partial charge is 0.333 e. The molecule has 0 aromatic carbocycles. The van der Waals surface area contributed by atoms with Gasteiger partial charge in [0.2, 0.25) is 5.82 Å². The normalized spacial score (nSPS) is 10.8. The maximum absolute atomic E-state index is 11.2. The van der Waals surface area contributed by atoms with Crippen molar-refractivity contribution in [2.45, 2.75) is 33.4 Å². The first-order chi connectivity index (χ1) is 9.50. The van der Waals surface area contributed by atoms with Crippen LogP contribution >= 0.6 is 0 Å². The SMILES string of the molecule is Cc1nn(C(C)C)c(NCc2ccncc2)c1[N+](=O)[O-]. The van der Waals surface area contributed by atoms with Crippen LogP contribution in [0.15, 0.2) is 24.5 Å². The van der Waals surface area contributed by atoms with E-state index in [-0.39, 0.29) is 11.7 Å². The lowest BCUT2D eigenvalue weighted by atomic mass is 10.2. The van der Waals surface area contributed by atoms with Crippen molar-refractivity contribution in [1.29, 1.82) is 0 Å². The Morgan fingerprint density at radius 3 is 2.60 bits per heavy atom. The Hall–Kier alpha value is -2.44. The summed E-state index contributed by atoms with van der Waals surface area (Å²) in [4.78, 5) is 14.7. The van der Waals surface area contributed by atoms with Crippen LogP contribution in [-0.4, -0.2) is 19.7 Å². The van der Waals surface area contributed by atoms with Gasteiger partial charge in [0.1, 0.15) is 5.69 Å². The van der Waals surface area contributed by atoms with Crippen LogP contribution in [0.3, 0.4) is 0 Å². The Labute approximate surface area is 116 Å². The van der Waals surface area contributed by atoms with E-state index in [1.807, 2.05) is 26.0 Å². The Kier molecular flexibility index (Phi) is 3.97. The summed E-state index contributed by atoms with van der Waals surface area (Å²) in [5.41, 5.74) is 1.46. The van der Waals surface area contributed by atoms with E-state index in [1.54, 1.807) is 24.0 Å². The molecule has 0 aliphatic carbocycles. The lowest BCUT2D eigenvalue weighted by molar-refractivity contribution is -0.384. The fourth-order valence-corrected chi connectivity index (χ4v) is 1.98. The molecule has 2 heterocycles. The topological polar surface area (TPSA) is 85.9 Å². The lowest BCUT2D eigenvalue weighted by Crippen LogP contribution is -2.11. The summed E-state index contributed by atoms with van der Waals surface area (Å²) < 4.78 is 1.65. The van der Waals surface area contributed by atoms with Gasteiger partial charge in [0.25, 0.3) is 0 Å². The first kappa shape index (κ1) is 14.0. The second-order valence-electron chi connectivity index (χ2n) is 4.79. The molecule has 7 nitrogen and oxygen atoms in total. The summed E-state index contributed by atoms with van der Waals surface area (Å²) in [6.07, 6.45) is 3.38. The monoisotopic (exact) mass is 275 g/mol. The van der Waals surface area contributed by atoms with Gasteiger partial charge in [-0.1, -0.05) is 0 Å². The molecule has 0 atom stereocenters. The number of aromatic nitrogens is 3. The molecular weight excluding hydrogens is 258 g/mol. The first-order valence-electron chi connectivity index (χ1n) is 6.37. The number of nitrogens with one attached hydrogen (secondary N) is 1. The number of hydrogen-bond acceptors (Lipinski definition) is 5. The van der Waals surface area contributed by atoms with E-state index in [2.05, 4.69) is 15.4 Å². The molecule has 1 N–H and O–H groups in total. The zero-order valence-corrected chi connectivity index (χ0v) is 11.7. The number of nitrogens with zero attached hydrogens (tertiary/aromatic N) is 4. The molecule has 0 bridgehead atoms. The number of rotatable bonds is 5. The van der Waals surface area contributed by atoms with Crippen molar-refractivity contribution in [3.63, 3.8) is 0 Å². The van der Waals surface area contributed by atoms with E-state index >= 15 is 0 Å². The van der Waals surface area contributed by atoms with Crippen LogP contribution in [-0.2, 0) is 6.54 Å². The number of pyridine rings is 1. The first-order valence-corrected chi connectivity index (χ1v) is 6.37. The van der Waals surface area contributed by atoms with Crippen molar-refractivity contribution < 1.29 is 4.92 Å². The maximum Gasteiger partial charge on any atom is 0.333 e. The summed E-state index contributed by atoms with van der Waals surface area (Å²) in [7, 11) is 0. The molecule has 2 aromatic rings. The van der Waals surface area contributed by atoms with Gasteiger partial charge in [-0.15, -0.1) is 0 Å². The molecule has 0 radical (unpaired) electrons. The van der Waals surface area contributed by atoms with Crippen LogP contribution in [0.5, 0.6) is 0 Å². The molecule has 2 rings (SSSR count). The minimum Gasteiger partial charge on any atom is -0.360 e. The molecule has 2 aromatic heterocycles. The van der Waals surface area contributed by atoms with Crippen molar-refractivity contribution in [3.05, 3.63) is 45.9 Å². The van der Waals surface area contributed by atoms with Crippen LogP contribution in [0.4, 0.5) is 11.5 Å². The van der Waals surface area contributed by atoms with E-state index in [4.69, 9.17) is 0 Å². The van der Waals surface area contributed by atoms with Crippen LogP contribution in [0.25, 0.3) is 0 Å². The molecule has 106 valence electrons. The summed E-state index contributed by atoms with van der Waals surface area (Å²) >= 11 is 0. The fraction of sp³-hybridized carbons (Fsp3) is 0.385. The molecule has 0 saturated heterocycles. The maximum atomic E-state index is 11.2. The van der Waals surface area contributed by atoms with E-state index in [9.17, 15) is 10.1 Å². The van der Waals surface area contributed by atoms with Crippen molar-refractivity contribution in [1.82, 2.24) is 14.8 Å². The Morgan fingerprint density at radius 2 is 2.05 bits per heavy atom. The van der Waals surface area contributed by atoms with Crippen molar-refractivity contribution in [3.8, 4) is 0 Å². The van der Waals surface area contributed by atoms with Gasteiger partial charge in [-0.3, -0.25) is 15.1 Å². The summed E-state index contributed by atoms with van der Waals surface area (Å²) in [5, 5.41) is 18.5. The fourth-order valence-electron chi connectivity index (χ4n) is 1.98. The summed E-state index contributed by atoms with van der Waals surface area (Å²) in [6, 6.07) is 3.77.